The van der Waals surface area contributed by atoms with Crippen LogP contribution in [0.3, 0.4) is 0 Å². The third-order valence-corrected chi connectivity index (χ3v) is 4.74. The predicted molar refractivity (Wildman–Crippen MR) is 96.9 cm³/mol. The van der Waals surface area contributed by atoms with Crippen molar-refractivity contribution in [2.24, 2.45) is 0 Å². The van der Waals surface area contributed by atoms with E-state index in [1.165, 1.54) is 10.7 Å². The van der Waals surface area contributed by atoms with E-state index in [1.807, 2.05) is 23.1 Å². The van der Waals surface area contributed by atoms with Crippen molar-refractivity contribution in [2.45, 2.75) is 6.54 Å². The minimum atomic E-state index is -0.0875. The molecule has 134 valence electrons. The van der Waals surface area contributed by atoms with Crippen molar-refractivity contribution in [1.82, 2.24) is 29.5 Å². The van der Waals surface area contributed by atoms with Crippen LogP contribution in [0.15, 0.2) is 47.7 Å². The second kappa shape index (κ2) is 7.09. The van der Waals surface area contributed by atoms with Crippen molar-refractivity contribution in [3.63, 3.8) is 0 Å². The molecule has 1 amide bonds. The number of benzene rings is 1. The lowest BCUT2D eigenvalue weighted by atomic mass is 10.1. The first-order chi connectivity index (χ1) is 12.7. The Morgan fingerprint density at radius 1 is 1.12 bits per heavy atom. The van der Waals surface area contributed by atoms with Crippen LogP contribution in [0.2, 0.25) is 0 Å². The summed E-state index contributed by atoms with van der Waals surface area (Å²) in [4.78, 5) is 35.7. The molecule has 1 saturated heterocycles. The summed E-state index contributed by atoms with van der Waals surface area (Å²) in [6, 6.07) is 8.69. The summed E-state index contributed by atoms with van der Waals surface area (Å²) in [5, 5.41) is 4.07. The molecule has 1 N–H and O–H groups in total. The van der Waals surface area contributed by atoms with Gasteiger partial charge in [-0.3, -0.25) is 14.5 Å². The lowest BCUT2D eigenvalue weighted by Crippen LogP contribution is -2.49. The van der Waals surface area contributed by atoms with Gasteiger partial charge in [0.1, 0.15) is 0 Å². The monoisotopic (exact) mass is 352 g/mol. The number of rotatable bonds is 4. The summed E-state index contributed by atoms with van der Waals surface area (Å²) in [5.41, 5.74) is 2.32. The normalized spacial score (nSPS) is 15.5. The molecule has 2 aromatic heterocycles. The largest absolute Gasteiger partial charge is 0.345 e. The van der Waals surface area contributed by atoms with E-state index in [0.717, 1.165) is 30.7 Å². The van der Waals surface area contributed by atoms with Crippen LogP contribution in [0.4, 0.5) is 0 Å². The van der Waals surface area contributed by atoms with Crippen LogP contribution in [-0.4, -0.2) is 68.2 Å². The number of nitrogens with zero attached hydrogens (tertiary/aromatic N) is 5. The Hall–Kier alpha value is -3.00. The lowest BCUT2D eigenvalue weighted by Gasteiger charge is -2.34. The zero-order valence-corrected chi connectivity index (χ0v) is 14.3. The fraction of sp³-hybridized carbons (Fsp3) is 0.333. The van der Waals surface area contributed by atoms with Gasteiger partial charge >= 0.3 is 0 Å². The summed E-state index contributed by atoms with van der Waals surface area (Å²) < 4.78 is 1.47. The van der Waals surface area contributed by atoms with Crippen LogP contribution in [0.1, 0.15) is 10.4 Å². The number of hydrogen-bond donors (Lipinski definition) is 1. The summed E-state index contributed by atoms with van der Waals surface area (Å²) in [6.07, 6.45) is 3.25. The average Bonchev–Trinajstić information content (AvgIpc) is 3.15. The van der Waals surface area contributed by atoms with E-state index in [9.17, 15) is 9.59 Å². The van der Waals surface area contributed by atoms with Crippen LogP contribution in [-0.2, 0) is 6.54 Å². The van der Waals surface area contributed by atoms with Crippen LogP contribution in [0.5, 0.6) is 0 Å². The molecule has 0 atom stereocenters. The van der Waals surface area contributed by atoms with Crippen molar-refractivity contribution in [3.8, 4) is 0 Å². The Labute approximate surface area is 150 Å². The molecular weight excluding hydrogens is 332 g/mol. The van der Waals surface area contributed by atoms with Gasteiger partial charge in [-0.2, -0.15) is 5.10 Å². The zero-order valence-electron chi connectivity index (χ0n) is 14.3. The Bertz CT molecular complexity index is 971. The average molecular weight is 352 g/mol. The van der Waals surface area contributed by atoms with E-state index in [4.69, 9.17) is 0 Å². The van der Waals surface area contributed by atoms with Gasteiger partial charge in [0.25, 0.3) is 11.5 Å². The number of carbonyl (C=O) groups excluding carboxylic acids is 1. The second-order valence-electron chi connectivity index (χ2n) is 6.35. The maximum absolute atomic E-state index is 12.7. The third-order valence-electron chi connectivity index (χ3n) is 4.74. The van der Waals surface area contributed by atoms with Crippen LogP contribution < -0.4 is 5.56 Å². The molecule has 1 aliphatic heterocycles. The summed E-state index contributed by atoms with van der Waals surface area (Å²) >= 11 is 0. The molecule has 1 fully saturated rings. The van der Waals surface area contributed by atoms with E-state index in [-0.39, 0.29) is 11.5 Å². The Kier molecular flexibility index (Phi) is 4.49. The smallest absolute Gasteiger partial charge is 0.266 e. The molecular formula is C18H20N6O2. The van der Waals surface area contributed by atoms with Gasteiger partial charge < -0.3 is 9.88 Å². The Balaban J connectivity index is 1.33. The molecule has 3 aromatic rings. The van der Waals surface area contributed by atoms with Crippen molar-refractivity contribution in [1.29, 1.82) is 0 Å². The van der Waals surface area contributed by atoms with E-state index in [2.05, 4.69) is 20.0 Å². The van der Waals surface area contributed by atoms with Crippen molar-refractivity contribution in [3.05, 3.63) is 58.8 Å². The van der Waals surface area contributed by atoms with Crippen molar-refractivity contribution >= 4 is 16.9 Å². The zero-order chi connectivity index (χ0) is 17.9. The first kappa shape index (κ1) is 16.5. The van der Waals surface area contributed by atoms with E-state index < -0.39 is 0 Å². The minimum absolute atomic E-state index is 0.0436. The van der Waals surface area contributed by atoms with Gasteiger partial charge in [-0.15, -0.1) is 0 Å². The van der Waals surface area contributed by atoms with Gasteiger partial charge in [0, 0.05) is 50.6 Å². The predicted octanol–water partition coefficient (Wildman–Crippen LogP) is 0.578. The highest BCUT2D eigenvalue weighted by Gasteiger charge is 2.22. The van der Waals surface area contributed by atoms with Gasteiger partial charge in [0.15, 0.2) is 0 Å². The first-order valence-corrected chi connectivity index (χ1v) is 8.67. The number of piperazine rings is 1. The van der Waals surface area contributed by atoms with E-state index in [1.54, 1.807) is 18.6 Å². The fourth-order valence-electron chi connectivity index (χ4n) is 3.22. The maximum atomic E-state index is 12.7. The standard InChI is InChI=1S/C18H20N6O2/c25-17-2-1-5-21-24(17)11-8-22-6-9-23(10-7-22)18(26)14-3-4-15-16(12-14)20-13-19-15/h1-5,12-13H,6-11H2,(H,19,20). The topological polar surface area (TPSA) is 87.1 Å². The highest BCUT2D eigenvalue weighted by molar-refractivity contribution is 5.97. The molecule has 0 spiro atoms. The van der Waals surface area contributed by atoms with Crippen molar-refractivity contribution in [2.75, 3.05) is 32.7 Å². The molecule has 8 heteroatoms. The fourth-order valence-corrected chi connectivity index (χ4v) is 3.22. The highest BCUT2D eigenvalue weighted by atomic mass is 16.2. The van der Waals surface area contributed by atoms with Crippen molar-refractivity contribution < 1.29 is 4.79 Å². The Morgan fingerprint density at radius 3 is 2.77 bits per heavy atom. The number of carbonyl (C=O) groups is 1. The number of aromatic nitrogens is 4. The molecule has 0 saturated carbocycles. The molecule has 26 heavy (non-hydrogen) atoms. The maximum Gasteiger partial charge on any atom is 0.266 e. The highest BCUT2D eigenvalue weighted by Crippen LogP contribution is 2.14. The molecule has 3 heterocycles. The van der Waals surface area contributed by atoms with Crippen LogP contribution in [0, 0.1) is 0 Å². The quantitative estimate of drug-likeness (QED) is 0.742. The van der Waals surface area contributed by atoms with E-state index >= 15 is 0 Å². The molecule has 1 aromatic carbocycles. The number of fused-ring (bicyclic) bond motifs is 1. The molecule has 0 radical (unpaired) electrons. The summed E-state index contributed by atoms with van der Waals surface area (Å²) in [7, 11) is 0. The van der Waals surface area contributed by atoms with Crippen LogP contribution in [0.25, 0.3) is 11.0 Å². The SMILES string of the molecule is O=C(c1ccc2nc[nH]c2c1)N1CCN(CCn2ncccc2=O)CC1. The van der Waals surface area contributed by atoms with Gasteiger partial charge in [0.2, 0.25) is 0 Å². The lowest BCUT2D eigenvalue weighted by molar-refractivity contribution is 0.0631. The summed E-state index contributed by atoms with van der Waals surface area (Å²) in [5.74, 6) is 0.0436. The molecule has 1 aliphatic rings. The van der Waals surface area contributed by atoms with Gasteiger partial charge in [0.05, 0.1) is 23.9 Å². The van der Waals surface area contributed by atoms with E-state index in [0.29, 0.717) is 25.2 Å². The number of hydrogen-bond acceptors (Lipinski definition) is 5. The molecule has 0 unspecified atom stereocenters. The van der Waals surface area contributed by atoms with Gasteiger partial charge in [-0.05, 0) is 24.3 Å². The molecule has 0 bridgehead atoms. The number of H-pyrrole nitrogens is 1. The molecule has 8 nitrogen and oxygen atoms in total. The molecule has 0 aliphatic carbocycles. The van der Waals surface area contributed by atoms with Gasteiger partial charge in [-0.1, -0.05) is 0 Å². The summed E-state index contributed by atoms with van der Waals surface area (Å²) in [6.45, 7) is 4.25. The van der Waals surface area contributed by atoms with Gasteiger partial charge in [-0.25, -0.2) is 9.67 Å². The number of aromatic amines is 1. The number of imidazole rings is 1. The first-order valence-electron chi connectivity index (χ1n) is 8.67. The molecule has 4 rings (SSSR count). The number of amides is 1. The third kappa shape index (κ3) is 3.36. The number of nitrogens with one attached hydrogen (secondary N) is 1. The second-order valence-corrected chi connectivity index (χ2v) is 6.35. The Morgan fingerprint density at radius 2 is 1.96 bits per heavy atom. The minimum Gasteiger partial charge on any atom is -0.345 e. The van der Waals surface area contributed by atoms with Crippen LogP contribution >= 0.6 is 0 Å².